The van der Waals surface area contributed by atoms with Crippen LogP contribution >= 0.6 is 11.8 Å². The molecule has 0 aromatic rings. The first-order chi connectivity index (χ1) is 9.97. The van der Waals surface area contributed by atoms with Crippen molar-refractivity contribution >= 4 is 23.8 Å². The third kappa shape index (κ3) is 3.29. The Morgan fingerprint density at radius 2 is 2.10 bits per heavy atom. The number of carbonyl (C=O) groups is 2. The van der Waals surface area contributed by atoms with Crippen molar-refractivity contribution < 1.29 is 19.4 Å². The SMILES string of the molecule is CCN(C(=O)N1CCSC(C)C1C)C1COCC1C(=O)O. The van der Waals surface area contributed by atoms with Crippen LogP contribution in [-0.2, 0) is 9.53 Å². The largest absolute Gasteiger partial charge is 0.481 e. The number of amides is 2. The number of hydrogen-bond acceptors (Lipinski definition) is 4. The van der Waals surface area contributed by atoms with E-state index < -0.39 is 11.9 Å². The number of rotatable bonds is 3. The first-order valence-corrected chi connectivity index (χ1v) is 8.51. The molecule has 4 atom stereocenters. The molecule has 2 heterocycles. The van der Waals surface area contributed by atoms with Crippen molar-refractivity contribution in [2.45, 2.75) is 38.1 Å². The van der Waals surface area contributed by atoms with Gasteiger partial charge >= 0.3 is 12.0 Å². The van der Waals surface area contributed by atoms with Crippen molar-refractivity contribution in [3.8, 4) is 0 Å². The van der Waals surface area contributed by atoms with E-state index in [1.165, 1.54) is 0 Å². The van der Waals surface area contributed by atoms with E-state index in [0.717, 1.165) is 12.3 Å². The van der Waals surface area contributed by atoms with Crippen LogP contribution in [0.5, 0.6) is 0 Å². The molecule has 2 rings (SSSR count). The van der Waals surface area contributed by atoms with E-state index in [4.69, 9.17) is 4.74 Å². The molecule has 0 aromatic carbocycles. The number of aliphatic carboxylic acids is 1. The molecule has 2 saturated heterocycles. The summed E-state index contributed by atoms with van der Waals surface area (Å²) in [5, 5.41) is 9.68. The number of urea groups is 1. The average molecular weight is 316 g/mol. The third-order valence-corrected chi connectivity index (χ3v) is 5.82. The summed E-state index contributed by atoms with van der Waals surface area (Å²) < 4.78 is 5.30. The monoisotopic (exact) mass is 316 g/mol. The lowest BCUT2D eigenvalue weighted by molar-refractivity contribution is -0.142. The van der Waals surface area contributed by atoms with Gasteiger partial charge in [-0.15, -0.1) is 0 Å². The fourth-order valence-corrected chi connectivity index (χ4v) is 4.07. The summed E-state index contributed by atoms with van der Waals surface area (Å²) in [6.45, 7) is 7.79. The van der Waals surface area contributed by atoms with Crippen LogP contribution in [0.1, 0.15) is 20.8 Å². The van der Waals surface area contributed by atoms with Crippen LogP contribution in [0, 0.1) is 5.92 Å². The van der Waals surface area contributed by atoms with Crippen LogP contribution in [0.3, 0.4) is 0 Å². The summed E-state index contributed by atoms with van der Waals surface area (Å²) in [5.41, 5.74) is 0. The molecule has 0 aromatic heterocycles. The van der Waals surface area contributed by atoms with Crippen LogP contribution in [0.2, 0.25) is 0 Å². The average Bonchev–Trinajstić information content (AvgIpc) is 2.92. The second kappa shape index (κ2) is 6.87. The Labute approximate surface area is 129 Å². The quantitative estimate of drug-likeness (QED) is 0.851. The smallest absolute Gasteiger partial charge is 0.320 e. The molecule has 120 valence electrons. The van der Waals surface area contributed by atoms with Crippen LogP contribution in [0.25, 0.3) is 0 Å². The van der Waals surface area contributed by atoms with Gasteiger partial charge in [0.05, 0.1) is 19.3 Å². The molecule has 0 saturated carbocycles. The van der Waals surface area contributed by atoms with E-state index >= 15 is 0 Å². The molecule has 4 unspecified atom stereocenters. The van der Waals surface area contributed by atoms with Crippen LogP contribution in [0.15, 0.2) is 0 Å². The standard InChI is InChI=1S/C14H24N2O4S/c1-4-15(12-8-20-7-11(12)13(17)18)14(19)16-5-6-21-10(3)9(16)2/h9-12H,4-8H2,1-3H3,(H,17,18). The molecule has 2 aliphatic rings. The Balaban J connectivity index is 2.13. The van der Waals surface area contributed by atoms with Gasteiger partial charge in [0.25, 0.3) is 0 Å². The van der Waals surface area contributed by atoms with Crippen LogP contribution < -0.4 is 0 Å². The Morgan fingerprint density at radius 3 is 2.71 bits per heavy atom. The fraction of sp³-hybridized carbons (Fsp3) is 0.857. The summed E-state index contributed by atoms with van der Waals surface area (Å²) in [6, 6.07) is -0.258. The van der Waals surface area contributed by atoms with E-state index in [1.54, 1.807) is 4.90 Å². The molecule has 0 bridgehead atoms. The van der Waals surface area contributed by atoms with Gasteiger partial charge in [0.15, 0.2) is 0 Å². The van der Waals surface area contributed by atoms with Crippen LogP contribution in [-0.4, -0.2) is 76.3 Å². The van der Waals surface area contributed by atoms with Crippen molar-refractivity contribution in [1.29, 1.82) is 0 Å². The minimum absolute atomic E-state index is 0.0566. The van der Waals surface area contributed by atoms with Gasteiger partial charge in [-0.2, -0.15) is 11.8 Å². The number of thioether (sulfide) groups is 1. The fourth-order valence-electron chi connectivity index (χ4n) is 2.97. The van der Waals surface area contributed by atoms with Gasteiger partial charge < -0.3 is 19.6 Å². The highest BCUT2D eigenvalue weighted by Crippen LogP contribution is 2.27. The summed E-state index contributed by atoms with van der Waals surface area (Å²) >= 11 is 1.87. The zero-order valence-corrected chi connectivity index (χ0v) is 13.6. The minimum Gasteiger partial charge on any atom is -0.481 e. The molecule has 2 amide bonds. The maximum atomic E-state index is 12.8. The lowest BCUT2D eigenvalue weighted by Gasteiger charge is -2.42. The van der Waals surface area contributed by atoms with Crippen molar-refractivity contribution in [3.05, 3.63) is 0 Å². The Bertz CT molecular complexity index is 406. The number of carbonyl (C=O) groups excluding carboxylic acids is 1. The minimum atomic E-state index is -0.889. The topological polar surface area (TPSA) is 70.1 Å². The molecule has 6 nitrogen and oxygen atoms in total. The number of carboxylic acids is 1. The summed E-state index contributed by atoms with van der Waals surface area (Å²) in [6.07, 6.45) is 0. The highest BCUT2D eigenvalue weighted by molar-refractivity contribution is 8.00. The highest BCUT2D eigenvalue weighted by atomic mass is 32.2. The van der Waals surface area contributed by atoms with Gasteiger partial charge in [-0.3, -0.25) is 4.79 Å². The van der Waals surface area contributed by atoms with Gasteiger partial charge in [-0.1, -0.05) is 6.92 Å². The van der Waals surface area contributed by atoms with E-state index in [0.29, 0.717) is 18.4 Å². The maximum absolute atomic E-state index is 12.8. The molecular weight excluding hydrogens is 292 g/mol. The Hall–Kier alpha value is -0.950. The first-order valence-electron chi connectivity index (χ1n) is 7.46. The predicted molar refractivity (Wildman–Crippen MR) is 81.6 cm³/mol. The molecule has 0 spiro atoms. The van der Waals surface area contributed by atoms with E-state index in [2.05, 4.69) is 13.8 Å². The number of ether oxygens (including phenoxy) is 1. The molecule has 2 aliphatic heterocycles. The molecule has 7 heteroatoms. The molecule has 1 N–H and O–H groups in total. The second-order valence-corrected chi connectivity index (χ2v) is 7.11. The molecule has 0 radical (unpaired) electrons. The Morgan fingerprint density at radius 1 is 1.38 bits per heavy atom. The van der Waals surface area contributed by atoms with Crippen molar-refractivity contribution in [3.63, 3.8) is 0 Å². The first kappa shape index (κ1) is 16.4. The van der Waals surface area contributed by atoms with Gasteiger partial charge in [-0.25, -0.2) is 4.79 Å². The Kier molecular flexibility index (Phi) is 5.37. The van der Waals surface area contributed by atoms with E-state index in [1.807, 2.05) is 23.6 Å². The molecule has 2 fully saturated rings. The second-order valence-electron chi connectivity index (χ2n) is 5.63. The number of nitrogens with zero attached hydrogens (tertiary/aromatic N) is 2. The van der Waals surface area contributed by atoms with Crippen molar-refractivity contribution in [2.24, 2.45) is 5.92 Å². The van der Waals surface area contributed by atoms with Crippen molar-refractivity contribution in [1.82, 2.24) is 9.80 Å². The van der Waals surface area contributed by atoms with Gasteiger partial charge in [0.2, 0.25) is 0 Å². The number of hydrogen-bond donors (Lipinski definition) is 1. The third-order valence-electron chi connectivity index (χ3n) is 4.48. The zero-order chi connectivity index (χ0) is 15.6. The normalized spacial score (nSPS) is 33.0. The maximum Gasteiger partial charge on any atom is 0.320 e. The van der Waals surface area contributed by atoms with Gasteiger partial charge in [-0.05, 0) is 13.8 Å². The molecule has 0 aliphatic carbocycles. The summed E-state index contributed by atoms with van der Waals surface area (Å²) in [4.78, 5) is 27.7. The van der Waals surface area contributed by atoms with E-state index in [-0.39, 0.29) is 24.7 Å². The number of carboxylic acid groups (broad SMARTS) is 1. The highest BCUT2D eigenvalue weighted by Gasteiger charge is 2.42. The van der Waals surface area contributed by atoms with E-state index in [9.17, 15) is 14.7 Å². The lowest BCUT2D eigenvalue weighted by Crippen LogP contribution is -2.57. The lowest BCUT2D eigenvalue weighted by atomic mass is 10.0. The van der Waals surface area contributed by atoms with Crippen molar-refractivity contribution in [2.75, 3.05) is 32.1 Å². The number of likely N-dealkylation sites (N-methyl/N-ethyl adjacent to an activating group) is 1. The molecule has 21 heavy (non-hydrogen) atoms. The predicted octanol–water partition coefficient (Wildman–Crippen LogP) is 1.35. The van der Waals surface area contributed by atoms with Gasteiger partial charge in [0.1, 0.15) is 5.92 Å². The molecular formula is C14H24N2O4S. The van der Waals surface area contributed by atoms with Gasteiger partial charge in [0, 0.05) is 30.1 Å². The summed E-state index contributed by atoms with van der Waals surface area (Å²) in [7, 11) is 0. The van der Waals surface area contributed by atoms with Crippen LogP contribution in [0.4, 0.5) is 4.79 Å². The zero-order valence-electron chi connectivity index (χ0n) is 12.8. The summed E-state index contributed by atoms with van der Waals surface area (Å²) in [5.74, 6) is -0.585.